The number of carbonyl (C=O) groups is 1. The molecule has 0 bridgehead atoms. The van der Waals surface area contributed by atoms with Crippen molar-refractivity contribution < 1.29 is 9.53 Å². The minimum Gasteiger partial charge on any atom is -0.495 e. The molecule has 2 aromatic heterocycles. The summed E-state index contributed by atoms with van der Waals surface area (Å²) in [6, 6.07) is 6.46. The highest BCUT2D eigenvalue weighted by atomic mass is 35.5. The van der Waals surface area contributed by atoms with Gasteiger partial charge in [0.05, 0.1) is 18.5 Å². The predicted molar refractivity (Wildman–Crippen MR) is 111 cm³/mol. The minimum absolute atomic E-state index is 0.167. The van der Waals surface area contributed by atoms with E-state index in [0.29, 0.717) is 34.5 Å². The Balaban J connectivity index is 1.76. The summed E-state index contributed by atoms with van der Waals surface area (Å²) in [5, 5.41) is 7.82. The molecule has 0 atom stereocenters. The van der Waals surface area contributed by atoms with Crippen LogP contribution in [0.4, 0.5) is 5.69 Å². The normalized spacial score (nSPS) is 10.8. The van der Waals surface area contributed by atoms with Crippen molar-refractivity contribution in [3.05, 3.63) is 62.3 Å². The van der Waals surface area contributed by atoms with E-state index in [-0.39, 0.29) is 17.9 Å². The highest BCUT2D eigenvalue weighted by Crippen LogP contribution is 2.28. The van der Waals surface area contributed by atoms with Crippen LogP contribution in [0.25, 0.3) is 5.95 Å². The number of hydrogen-bond donors (Lipinski definition) is 2. The molecule has 0 aliphatic heterocycles. The first-order valence-corrected chi connectivity index (χ1v) is 9.43. The molecular weight excluding hydrogens is 394 g/mol. The van der Waals surface area contributed by atoms with Gasteiger partial charge in [-0.2, -0.15) is 5.10 Å². The van der Waals surface area contributed by atoms with E-state index in [9.17, 15) is 9.59 Å². The van der Waals surface area contributed by atoms with Gasteiger partial charge in [0.25, 0.3) is 5.56 Å². The third kappa shape index (κ3) is 4.65. The van der Waals surface area contributed by atoms with E-state index in [1.807, 2.05) is 13.8 Å². The number of hydrogen-bond acceptors (Lipinski definition) is 5. The molecule has 2 N–H and O–H groups in total. The molecule has 1 amide bonds. The SMILES string of the molecule is COc1ccc(Cl)cc1NC(=O)CCc1c(C)nn(-c2nc(C)cc(=O)[nH]2)c1C. The molecule has 29 heavy (non-hydrogen) atoms. The zero-order chi connectivity index (χ0) is 21.1. The molecular formula is C20H22ClN5O3. The second-order valence-corrected chi connectivity index (χ2v) is 7.10. The summed E-state index contributed by atoms with van der Waals surface area (Å²) in [5.41, 5.74) is 3.42. The molecule has 0 aliphatic rings. The van der Waals surface area contributed by atoms with Gasteiger partial charge in [-0.1, -0.05) is 11.6 Å². The minimum atomic E-state index is -0.239. The Hall–Kier alpha value is -3.13. The Kier molecular flexibility index (Phi) is 6.03. The van der Waals surface area contributed by atoms with Crippen molar-refractivity contribution in [1.29, 1.82) is 0 Å². The maximum absolute atomic E-state index is 12.5. The fourth-order valence-electron chi connectivity index (χ4n) is 3.14. The Labute approximate surface area is 172 Å². The Morgan fingerprint density at radius 2 is 2.03 bits per heavy atom. The lowest BCUT2D eigenvalue weighted by Crippen LogP contribution is -2.15. The van der Waals surface area contributed by atoms with Gasteiger partial charge in [-0.3, -0.25) is 14.6 Å². The van der Waals surface area contributed by atoms with Gasteiger partial charge < -0.3 is 10.1 Å². The van der Waals surface area contributed by atoms with Crippen LogP contribution in [0.1, 0.15) is 29.1 Å². The Morgan fingerprint density at radius 1 is 1.28 bits per heavy atom. The first-order valence-electron chi connectivity index (χ1n) is 9.05. The summed E-state index contributed by atoms with van der Waals surface area (Å²) in [5.74, 6) is 0.728. The Bertz CT molecular complexity index is 1120. The molecule has 152 valence electrons. The number of halogens is 1. The van der Waals surface area contributed by atoms with Crippen LogP contribution < -0.4 is 15.6 Å². The van der Waals surface area contributed by atoms with Gasteiger partial charge in [0.15, 0.2) is 0 Å². The summed E-state index contributed by atoms with van der Waals surface area (Å²) in [7, 11) is 1.53. The number of benzene rings is 1. The molecule has 0 unspecified atom stereocenters. The third-order valence-corrected chi connectivity index (χ3v) is 4.77. The summed E-state index contributed by atoms with van der Waals surface area (Å²) in [6.45, 7) is 5.50. The predicted octanol–water partition coefficient (Wildman–Crippen LogP) is 3.11. The molecule has 0 saturated carbocycles. The number of aromatic amines is 1. The molecule has 0 spiro atoms. The first kappa shape index (κ1) is 20.6. The number of nitrogens with zero attached hydrogens (tertiary/aromatic N) is 3. The van der Waals surface area contributed by atoms with E-state index < -0.39 is 0 Å². The molecule has 0 fully saturated rings. The van der Waals surface area contributed by atoms with Crippen LogP contribution in [0.5, 0.6) is 5.75 Å². The standard InChI is InChI=1S/C20H22ClN5O3/c1-11-9-19(28)24-20(22-11)26-13(3)15(12(2)25-26)6-8-18(27)23-16-10-14(21)5-7-17(16)29-4/h5,7,9-10H,6,8H2,1-4H3,(H,23,27)(H,22,24,28). The molecule has 2 heterocycles. The highest BCUT2D eigenvalue weighted by Gasteiger charge is 2.16. The number of ether oxygens (including phenoxy) is 1. The van der Waals surface area contributed by atoms with Gasteiger partial charge in [-0.15, -0.1) is 0 Å². The fourth-order valence-corrected chi connectivity index (χ4v) is 3.31. The lowest BCUT2D eigenvalue weighted by atomic mass is 10.1. The van der Waals surface area contributed by atoms with Gasteiger partial charge >= 0.3 is 0 Å². The summed E-state index contributed by atoms with van der Waals surface area (Å²) in [4.78, 5) is 31.2. The average Bonchev–Trinajstić information content (AvgIpc) is 2.93. The lowest BCUT2D eigenvalue weighted by molar-refractivity contribution is -0.116. The smallest absolute Gasteiger partial charge is 0.252 e. The third-order valence-electron chi connectivity index (χ3n) is 4.54. The highest BCUT2D eigenvalue weighted by molar-refractivity contribution is 6.31. The number of rotatable bonds is 6. The van der Waals surface area contributed by atoms with Crippen LogP contribution in [0.15, 0.2) is 29.1 Å². The van der Waals surface area contributed by atoms with Gasteiger partial charge in [-0.25, -0.2) is 9.67 Å². The number of methoxy groups -OCH3 is 1. The topological polar surface area (TPSA) is 102 Å². The second kappa shape index (κ2) is 8.48. The van der Waals surface area contributed by atoms with Crippen molar-refractivity contribution in [2.24, 2.45) is 0 Å². The van der Waals surface area contributed by atoms with E-state index in [2.05, 4.69) is 20.4 Å². The van der Waals surface area contributed by atoms with Gasteiger partial charge in [0.2, 0.25) is 11.9 Å². The van der Waals surface area contributed by atoms with Crippen LogP contribution in [0.2, 0.25) is 5.02 Å². The zero-order valence-electron chi connectivity index (χ0n) is 16.7. The van der Waals surface area contributed by atoms with Gasteiger partial charge in [0.1, 0.15) is 5.75 Å². The summed E-state index contributed by atoms with van der Waals surface area (Å²) < 4.78 is 6.85. The number of amides is 1. The molecule has 9 heteroatoms. The molecule has 3 rings (SSSR count). The van der Waals surface area contributed by atoms with Gasteiger partial charge in [0, 0.05) is 28.9 Å². The maximum Gasteiger partial charge on any atom is 0.252 e. The molecule has 0 radical (unpaired) electrons. The molecule has 1 aromatic carbocycles. The van der Waals surface area contributed by atoms with Crippen molar-refractivity contribution in [1.82, 2.24) is 19.7 Å². The number of H-pyrrole nitrogens is 1. The van der Waals surface area contributed by atoms with E-state index in [4.69, 9.17) is 16.3 Å². The number of aryl methyl sites for hydroxylation is 2. The van der Waals surface area contributed by atoms with Crippen molar-refractivity contribution in [2.45, 2.75) is 33.6 Å². The van der Waals surface area contributed by atoms with Crippen molar-refractivity contribution in [3.8, 4) is 11.7 Å². The quantitative estimate of drug-likeness (QED) is 0.644. The van der Waals surface area contributed by atoms with Crippen LogP contribution in [0.3, 0.4) is 0 Å². The van der Waals surface area contributed by atoms with Crippen LogP contribution in [-0.4, -0.2) is 32.8 Å². The number of nitrogens with one attached hydrogen (secondary N) is 2. The van der Waals surface area contributed by atoms with Crippen molar-refractivity contribution >= 4 is 23.2 Å². The van der Waals surface area contributed by atoms with Crippen LogP contribution >= 0.6 is 11.6 Å². The van der Waals surface area contributed by atoms with E-state index >= 15 is 0 Å². The van der Waals surface area contributed by atoms with Crippen LogP contribution in [0, 0.1) is 20.8 Å². The second-order valence-electron chi connectivity index (χ2n) is 6.66. The molecule has 0 saturated heterocycles. The summed E-state index contributed by atoms with van der Waals surface area (Å²) in [6.07, 6.45) is 0.739. The lowest BCUT2D eigenvalue weighted by Gasteiger charge is -2.10. The largest absolute Gasteiger partial charge is 0.495 e. The molecule has 0 aliphatic carbocycles. The number of carbonyl (C=O) groups excluding carboxylic acids is 1. The maximum atomic E-state index is 12.5. The van der Waals surface area contributed by atoms with E-state index in [1.54, 1.807) is 29.8 Å². The molecule has 8 nitrogen and oxygen atoms in total. The number of aromatic nitrogens is 4. The zero-order valence-corrected chi connectivity index (χ0v) is 17.4. The first-order chi connectivity index (χ1) is 13.8. The molecule has 3 aromatic rings. The fraction of sp³-hybridized carbons (Fsp3) is 0.300. The average molecular weight is 416 g/mol. The summed E-state index contributed by atoms with van der Waals surface area (Å²) >= 11 is 6.01. The van der Waals surface area contributed by atoms with E-state index in [1.165, 1.54) is 13.2 Å². The number of anilines is 1. The van der Waals surface area contributed by atoms with Crippen molar-refractivity contribution in [3.63, 3.8) is 0 Å². The van der Waals surface area contributed by atoms with Crippen LogP contribution in [-0.2, 0) is 11.2 Å². The van der Waals surface area contributed by atoms with E-state index in [0.717, 1.165) is 17.0 Å². The Morgan fingerprint density at radius 3 is 2.72 bits per heavy atom. The monoisotopic (exact) mass is 415 g/mol. The van der Waals surface area contributed by atoms with Crippen molar-refractivity contribution in [2.75, 3.05) is 12.4 Å². The van der Waals surface area contributed by atoms with Gasteiger partial charge in [-0.05, 0) is 51.0 Å².